The molecule has 0 radical (unpaired) electrons. The normalized spacial score (nSPS) is 10.0. The third-order valence-electron chi connectivity index (χ3n) is 1.94. The maximum Gasteiger partial charge on any atom is 0.146 e. The van der Waals surface area contributed by atoms with Crippen molar-refractivity contribution in [1.29, 1.82) is 0 Å². The van der Waals surface area contributed by atoms with Gasteiger partial charge < -0.3 is 5.32 Å². The standard InChI is InChI=1S/C11H10FN3/c1-8-6-11(14-7-13-8)15-10-5-3-2-4-9(10)12/h2-7H,1H3,(H,13,14,15). The summed E-state index contributed by atoms with van der Waals surface area (Å²) in [5.74, 6) is 0.293. The minimum atomic E-state index is -0.297. The first-order valence-corrected chi connectivity index (χ1v) is 4.56. The molecule has 0 amide bonds. The summed E-state index contributed by atoms with van der Waals surface area (Å²) in [5.41, 5.74) is 1.25. The molecule has 1 aromatic heterocycles. The van der Waals surface area contributed by atoms with E-state index in [1.807, 2.05) is 6.92 Å². The highest BCUT2D eigenvalue weighted by atomic mass is 19.1. The number of anilines is 2. The summed E-state index contributed by atoms with van der Waals surface area (Å²) in [6, 6.07) is 8.22. The van der Waals surface area contributed by atoms with Crippen LogP contribution in [0.2, 0.25) is 0 Å². The van der Waals surface area contributed by atoms with Gasteiger partial charge in [0.25, 0.3) is 0 Å². The van der Waals surface area contributed by atoms with E-state index in [2.05, 4.69) is 15.3 Å². The number of aromatic nitrogens is 2. The predicted octanol–water partition coefficient (Wildman–Crippen LogP) is 2.67. The molecule has 0 saturated carbocycles. The highest BCUT2D eigenvalue weighted by Gasteiger charge is 2.01. The average Bonchev–Trinajstić information content (AvgIpc) is 2.22. The second-order valence-electron chi connectivity index (χ2n) is 3.15. The van der Waals surface area contributed by atoms with E-state index in [0.29, 0.717) is 11.5 Å². The van der Waals surface area contributed by atoms with Gasteiger partial charge in [0.1, 0.15) is 18.0 Å². The van der Waals surface area contributed by atoms with Gasteiger partial charge in [0, 0.05) is 11.8 Å². The van der Waals surface area contributed by atoms with Crippen LogP contribution in [0.15, 0.2) is 36.7 Å². The van der Waals surface area contributed by atoms with Gasteiger partial charge in [0.2, 0.25) is 0 Å². The zero-order valence-corrected chi connectivity index (χ0v) is 8.24. The number of aryl methyl sites for hydroxylation is 1. The Hall–Kier alpha value is -1.97. The van der Waals surface area contributed by atoms with Crippen molar-refractivity contribution < 1.29 is 4.39 Å². The predicted molar refractivity (Wildman–Crippen MR) is 56.5 cm³/mol. The summed E-state index contributed by atoms with van der Waals surface area (Å²) in [5, 5.41) is 2.89. The molecule has 0 spiro atoms. The molecule has 76 valence electrons. The fourth-order valence-electron chi connectivity index (χ4n) is 1.22. The lowest BCUT2D eigenvalue weighted by Crippen LogP contribution is -1.97. The zero-order chi connectivity index (χ0) is 10.7. The van der Waals surface area contributed by atoms with Crippen molar-refractivity contribution in [3.05, 3.63) is 48.2 Å². The third kappa shape index (κ3) is 2.28. The Bertz CT molecular complexity index is 471. The van der Waals surface area contributed by atoms with Gasteiger partial charge in [-0.15, -0.1) is 0 Å². The summed E-state index contributed by atoms with van der Waals surface area (Å²) >= 11 is 0. The van der Waals surface area contributed by atoms with Crippen LogP contribution in [0, 0.1) is 12.7 Å². The molecule has 0 aliphatic heterocycles. The largest absolute Gasteiger partial charge is 0.338 e. The van der Waals surface area contributed by atoms with Gasteiger partial charge >= 0.3 is 0 Å². The van der Waals surface area contributed by atoms with Crippen molar-refractivity contribution in [2.24, 2.45) is 0 Å². The fraction of sp³-hybridized carbons (Fsp3) is 0.0909. The molecule has 0 saturated heterocycles. The molecule has 0 aliphatic carbocycles. The molecule has 2 rings (SSSR count). The van der Waals surface area contributed by atoms with Crippen molar-refractivity contribution >= 4 is 11.5 Å². The summed E-state index contributed by atoms with van der Waals surface area (Å²) in [6.45, 7) is 1.86. The number of nitrogens with zero attached hydrogens (tertiary/aromatic N) is 2. The van der Waals surface area contributed by atoms with E-state index in [1.165, 1.54) is 12.4 Å². The van der Waals surface area contributed by atoms with E-state index in [0.717, 1.165) is 5.69 Å². The lowest BCUT2D eigenvalue weighted by atomic mass is 10.3. The van der Waals surface area contributed by atoms with Crippen LogP contribution >= 0.6 is 0 Å². The molecule has 2 aromatic rings. The quantitative estimate of drug-likeness (QED) is 0.815. The Morgan fingerprint density at radius 3 is 2.73 bits per heavy atom. The SMILES string of the molecule is Cc1cc(Nc2ccccc2F)ncn1. The van der Waals surface area contributed by atoms with E-state index >= 15 is 0 Å². The van der Waals surface area contributed by atoms with Crippen LogP contribution in [0.3, 0.4) is 0 Å². The molecule has 15 heavy (non-hydrogen) atoms. The number of para-hydroxylation sites is 1. The average molecular weight is 203 g/mol. The molecule has 0 aliphatic rings. The first-order valence-electron chi connectivity index (χ1n) is 4.56. The summed E-state index contributed by atoms with van der Waals surface area (Å²) in [7, 11) is 0. The fourth-order valence-corrected chi connectivity index (χ4v) is 1.22. The summed E-state index contributed by atoms with van der Waals surface area (Å²) < 4.78 is 13.3. The molecular weight excluding hydrogens is 193 g/mol. The molecule has 0 bridgehead atoms. The van der Waals surface area contributed by atoms with Crippen LogP contribution in [0.25, 0.3) is 0 Å². The third-order valence-corrected chi connectivity index (χ3v) is 1.94. The van der Waals surface area contributed by atoms with E-state index in [4.69, 9.17) is 0 Å². The lowest BCUT2D eigenvalue weighted by molar-refractivity contribution is 0.632. The van der Waals surface area contributed by atoms with Crippen LogP contribution in [-0.4, -0.2) is 9.97 Å². The molecule has 1 aromatic carbocycles. The summed E-state index contributed by atoms with van der Waals surface area (Å²) in [6.07, 6.45) is 1.44. The van der Waals surface area contributed by atoms with Crippen molar-refractivity contribution in [3.8, 4) is 0 Å². The first-order chi connectivity index (χ1) is 7.25. The minimum absolute atomic E-state index is 0.297. The highest BCUT2D eigenvalue weighted by molar-refractivity contribution is 5.56. The molecule has 0 fully saturated rings. The van der Waals surface area contributed by atoms with Gasteiger partial charge in [-0.05, 0) is 19.1 Å². The number of benzene rings is 1. The molecule has 0 atom stereocenters. The van der Waals surface area contributed by atoms with Crippen LogP contribution in [0.4, 0.5) is 15.9 Å². The molecule has 4 heteroatoms. The number of halogens is 1. The minimum Gasteiger partial charge on any atom is -0.338 e. The molecule has 1 N–H and O–H groups in total. The first kappa shape index (κ1) is 9.58. The smallest absolute Gasteiger partial charge is 0.146 e. The highest BCUT2D eigenvalue weighted by Crippen LogP contribution is 2.17. The van der Waals surface area contributed by atoms with Crippen LogP contribution in [0.5, 0.6) is 0 Å². The number of rotatable bonds is 2. The van der Waals surface area contributed by atoms with Crippen molar-refractivity contribution in [2.45, 2.75) is 6.92 Å². The van der Waals surface area contributed by atoms with Crippen molar-refractivity contribution in [3.63, 3.8) is 0 Å². The van der Waals surface area contributed by atoms with Gasteiger partial charge in [0.05, 0.1) is 5.69 Å². The second-order valence-corrected chi connectivity index (χ2v) is 3.15. The van der Waals surface area contributed by atoms with E-state index in [1.54, 1.807) is 24.3 Å². The van der Waals surface area contributed by atoms with Gasteiger partial charge in [0.15, 0.2) is 0 Å². The lowest BCUT2D eigenvalue weighted by Gasteiger charge is -2.06. The second kappa shape index (κ2) is 4.04. The van der Waals surface area contributed by atoms with Gasteiger partial charge in [-0.2, -0.15) is 0 Å². The van der Waals surface area contributed by atoms with Crippen molar-refractivity contribution in [2.75, 3.05) is 5.32 Å². The van der Waals surface area contributed by atoms with Gasteiger partial charge in [-0.1, -0.05) is 12.1 Å². The van der Waals surface area contributed by atoms with Crippen LogP contribution < -0.4 is 5.32 Å². The van der Waals surface area contributed by atoms with E-state index in [9.17, 15) is 4.39 Å². The monoisotopic (exact) mass is 203 g/mol. The topological polar surface area (TPSA) is 37.8 Å². The van der Waals surface area contributed by atoms with Gasteiger partial charge in [-0.3, -0.25) is 0 Å². The van der Waals surface area contributed by atoms with E-state index in [-0.39, 0.29) is 5.82 Å². The Morgan fingerprint density at radius 2 is 2.00 bits per heavy atom. The Morgan fingerprint density at radius 1 is 1.20 bits per heavy atom. The van der Waals surface area contributed by atoms with Crippen LogP contribution in [-0.2, 0) is 0 Å². The molecule has 1 heterocycles. The Labute approximate surface area is 87.0 Å². The maximum absolute atomic E-state index is 13.3. The molecular formula is C11H10FN3. The molecule has 3 nitrogen and oxygen atoms in total. The zero-order valence-electron chi connectivity index (χ0n) is 8.24. The maximum atomic E-state index is 13.3. The Balaban J connectivity index is 2.26. The molecule has 0 unspecified atom stereocenters. The summed E-state index contributed by atoms with van der Waals surface area (Å²) in [4.78, 5) is 7.95. The number of hydrogen-bond donors (Lipinski definition) is 1. The Kier molecular flexibility index (Phi) is 2.58. The van der Waals surface area contributed by atoms with Crippen LogP contribution in [0.1, 0.15) is 5.69 Å². The van der Waals surface area contributed by atoms with E-state index < -0.39 is 0 Å². The number of hydrogen-bond acceptors (Lipinski definition) is 3. The van der Waals surface area contributed by atoms with Gasteiger partial charge in [-0.25, -0.2) is 14.4 Å². The van der Waals surface area contributed by atoms with Crippen molar-refractivity contribution in [1.82, 2.24) is 9.97 Å². The number of nitrogens with one attached hydrogen (secondary N) is 1.